The molecule has 0 N–H and O–H groups in total. The SMILES string of the molecule is Cc1cccc(C(=O)N(C)Cc2c(F)cccc2Cl)n1. The number of aryl methyl sites for hydroxylation is 1. The Kier molecular flexibility index (Phi) is 4.35. The third-order valence-electron chi connectivity index (χ3n) is 2.91. The van der Waals surface area contributed by atoms with Crippen molar-refractivity contribution in [3.63, 3.8) is 0 Å². The monoisotopic (exact) mass is 292 g/mol. The molecule has 0 bridgehead atoms. The maximum atomic E-state index is 13.7. The van der Waals surface area contributed by atoms with Crippen LogP contribution in [0.15, 0.2) is 36.4 Å². The van der Waals surface area contributed by atoms with Gasteiger partial charge in [-0.15, -0.1) is 0 Å². The molecule has 104 valence electrons. The lowest BCUT2D eigenvalue weighted by atomic mass is 10.2. The van der Waals surface area contributed by atoms with Crippen molar-refractivity contribution in [1.82, 2.24) is 9.88 Å². The molecule has 1 heterocycles. The van der Waals surface area contributed by atoms with Gasteiger partial charge < -0.3 is 4.90 Å². The molecule has 1 aromatic carbocycles. The number of aromatic nitrogens is 1. The summed E-state index contributed by atoms with van der Waals surface area (Å²) in [5, 5.41) is 0.307. The molecule has 0 unspecified atom stereocenters. The van der Waals surface area contributed by atoms with E-state index in [-0.39, 0.29) is 12.5 Å². The molecule has 20 heavy (non-hydrogen) atoms. The van der Waals surface area contributed by atoms with Crippen LogP contribution in [0, 0.1) is 12.7 Å². The third kappa shape index (κ3) is 3.14. The third-order valence-corrected chi connectivity index (χ3v) is 3.27. The van der Waals surface area contributed by atoms with Gasteiger partial charge in [-0.25, -0.2) is 9.37 Å². The first kappa shape index (κ1) is 14.5. The van der Waals surface area contributed by atoms with Crippen LogP contribution in [0.5, 0.6) is 0 Å². The minimum atomic E-state index is -0.422. The first-order chi connectivity index (χ1) is 9.49. The molecule has 2 rings (SSSR count). The van der Waals surface area contributed by atoms with E-state index in [1.165, 1.54) is 17.0 Å². The zero-order chi connectivity index (χ0) is 14.7. The van der Waals surface area contributed by atoms with Gasteiger partial charge in [0.05, 0.1) is 6.54 Å². The Morgan fingerprint density at radius 1 is 1.30 bits per heavy atom. The van der Waals surface area contributed by atoms with Gasteiger partial charge in [0.2, 0.25) is 0 Å². The van der Waals surface area contributed by atoms with Crippen molar-refractivity contribution in [2.75, 3.05) is 7.05 Å². The molecule has 0 saturated heterocycles. The molecule has 0 fully saturated rings. The fourth-order valence-electron chi connectivity index (χ4n) is 1.85. The number of carbonyl (C=O) groups excluding carboxylic acids is 1. The van der Waals surface area contributed by atoms with E-state index in [0.29, 0.717) is 16.3 Å². The number of pyridine rings is 1. The topological polar surface area (TPSA) is 33.2 Å². The summed E-state index contributed by atoms with van der Waals surface area (Å²) in [5.41, 5.74) is 1.39. The van der Waals surface area contributed by atoms with Crippen molar-refractivity contribution in [2.45, 2.75) is 13.5 Å². The number of hydrogen-bond acceptors (Lipinski definition) is 2. The molecule has 0 radical (unpaired) electrons. The van der Waals surface area contributed by atoms with E-state index in [4.69, 9.17) is 11.6 Å². The van der Waals surface area contributed by atoms with Crippen LogP contribution in [0.2, 0.25) is 5.02 Å². The first-order valence-electron chi connectivity index (χ1n) is 6.11. The number of carbonyl (C=O) groups is 1. The second-order valence-corrected chi connectivity index (χ2v) is 4.93. The van der Waals surface area contributed by atoms with Crippen LogP contribution in [0.4, 0.5) is 4.39 Å². The predicted molar refractivity (Wildman–Crippen MR) is 76.2 cm³/mol. The van der Waals surface area contributed by atoms with Gasteiger partial charge in [-0.1, -0.05) is 23.7 Å². The molecule has 3 nitrogen and oxygen atoms in total. The standard InChI is InChI=1S/C15H14ClFN2O/c1-10-5-3-8-14(18-10)15(20)19(2)9-11-12(16)6-4-7-13(11)17/h3-8H,9H2,1-2H3. The van der Waals surface area contributed by atoms with E-state index in [1.807, 2.05) is 13.0 Å². The van der Waals surface area contributed by atoms with Gasteiger partial charge in [0, 0.05) is 23.3 Å². The molecule has 0 aliphatic rings. The van der Waals surface area contributed by atoms with E-state index in [2.05, 4.69) is 4.98 Å². The Labute approximate surface area is 122 Å². The van der Waals surface area contributed by atoms with E-state index >= 15 is 0 Å². The summed E-state index contributed by atoms with van der Waals surface area (Å²) >= 11 is 5.96. The smallest absolute Gasteiger partial charge is 0.272 e. The zero-order valence-electron chi connectivity index (χ0n) is 11.2. The molecule has 1 amide bonds. The maximum absolute atomic E-state index is 13.7. The Morgan fingerprint density at radius 2 is 2.00 bits per heavy atom. The summed E-state index contributed by atoms with van der Waals surface area (Å²) in [4.78, 5) is 17.8. The Hall–Kier alpha value is -1.94. The average Bonchev–Trinajstić information content (AvgIpc) is 2.42. The highest BCUT2D eigenvalue weighted by Crippen LogP contribution is 2.20. The highest BCUT2D eigenvalue weighted by molar-refractivity contribution is 6.31. The molecular weight excluding hydrogens is 279 g/mol. The number of halogens is 2. The minimum Gasteiger partial charge on any atom is -0.336 e. The molecule has 5 heteroatoms. The maximum Gasteiger partial charge on any atom is 0.272 e. The molecule has 0 atom stereocenters. The highest BCUT2D eigenvalue weighted by atomic mass is 35.5. The summed E-state index contributed by atoms with van der Waals surface area (Å²) in [7, 11) is 1.59. The fraction of sp³-hybridized carbons (Fsp3) is 0.200. The molecule has 0 spiro atoms. The van der Waals surface area contributed by atoms with Crippen LogP contribution in [0.1, 0.15) is 21.7 Å². The lowest BCUT2D eigenvalue weighted by Crippen LogP contribution is -2.27. The molecule has 2 aromatic rings. The summed E-state index contributed by atoms with van der Waals surface area (Å²) in [5.74, 6) is -0.692. The lowest BCUT2D eigenvalue weighted by Gasteiger charge is -2.18. The van der Waals surface area contributed by atoms with Crippen molar-refractivity contribution < 1.29 is 9.18 Å². The van der Waals surface area contributed by atoms with Gasteiger partial charge in [-0.3, -0.25) is 4.79 Å². The van der Waals surface area contributed by atoms with Gasteiger partial charge in [0.25, 0.3) is 5.91 Å². The van der Waals surface area contributed by atoms with Crippen LogP contribution >= 0.6 is 11.6 Å². The van der Waals surface area contributed by atoms with Gasteiger partial charge in [-0.05, 0) is 31.2 Å². The summed E-state index contributed by atoms with van der Waals surface area (Å²) in [6, 6.07) is 9.66. The largest absolute Gasteiger partial charge is 0.336 e. The van der Waals surface area contributed by atoms with Crippen LogP contribution < -0.4 is 0 Å². The zero-order valence-corrected chi connectivity index (χ0v) is 12.0. The van der Waals surface area contributed by atoms with Crippen molar-refractivity contribution in [3.05, 3.63) is 64.2 Å². The van der Waals surface area contributed by atoms with E-state index in [0.717, 1.165) is 5.69 Å². The average molecular weight is 293 g/mol. The first-order valence-corrected chi connectivity index (χ1v) is 6.49. The highest BCUT2D eigenvalue weighted by Gasteiger charge is 2.16. The Bertz CT molecular complexity index is 625. The molecule has 0 aliphatic heterocycles. The number of nitrogens with zero attached hydrogens (tertiary/aromatic N) is 2. The number of amides is 1. The van der Waals surface area contributed by atoms with E-state index < -0.39 is 5.82 Å². The van der Waals surface area contributed by atoms with Crippen LogP contribution in [0.3, 0.4) is 0 Å². The second kappa shape index (κ2) is 6.01. The van der Waals surface area contributed by atoms with E-state index in [9.17, 15) is 9.18 Å². The Balaban J connectivity index is 2.20. The summed E-state index contributed by atoms with van der Waals surface area (Å²) in [6.07, 6.45) is 0. The predicted octanol–water partition coefficient (Wildman–Crippen LogP) is 3.45. The van der Waals surface area contributed by atoms with E-state index in [1.54, 1.807) is 25.2 Å². The second-order valence-electron chi connectivity index (χ2n) is 4.53. The lowest BCUT2D eigenvalue weighted by molar-refractivity contribution is 0.0778. The van der Waals surface area contributed by atoms with Crippen LogP contribution in [-0.4, -0.2) is 22.8 Å². The van der Waals surface area contributed by atoms with Gasteiger partial charge in [-0.2, -0.15) is 0 Å². The van der Waals surface area contributed by atoms with Gasteiger partial charge in [0.15, 0.2) is 0 Å². The summed E-state index contributed by atoms with van der Waals surface area (Å²) in [6.45, 7) is 1.91. The molecular formula is C15H14ClFN2O. The van der Waals surface area contributed by atoms with Crippen molar-refractivity contribution in [1.29, 1.82) is 0 Å². The van der Waals surface area contributed by atoms with Gasteiger partial charge in [0.1, 0.15) is 11.5 Å². The number of hydrogen-bond donors (Lipinski definition) is 0. The molecule has 0 saturated carbocycles. The van der Waals surface area contributed by atoms with Crippen LogP contribution in [-0.2, 0) is 6.54 Å². The van der Waals surface area contributed by atoms with Crippen molar-refractivity contribution in [2.24, 2.45) is 0 Å². The fourth-order valence-corrected chi connectivity index (χ4v) is 2.07. The van der Waals surface area contributed by atoms with Crippen molar-refractivity contribution in [3.8, 4) is 0 Å². The van der Waals surface area contributed by atoms with Crippen molar-refractivity contribution >= 4 is 17.5 Å². The quantitative estimate of drug-likeness (QED) is 0.868. The summed E-state index contributed by atoms with van der Waals surface area (Å²) < 4.78 is 13.7. The molecule has 0 aliphatic carbocycles. The minimum absolute atomic E-state index is 0.0972. The normalized spacial score (nSPS) is 10.4. The molecule has 1 aromatic heterocycles. The van der Waals surface area contributed by atoms with Crippen LogP contribution in [0.25, 0.3) is 0 Å². The van der Waals surface area contributed by atoms with Gasteiger partial charge >= 0.3 is 0 Å². The number of benzene rings is 1. The number of rotatable bonds is 3. The Morgan fingerprint density at radius 3 is 2.65 bits per heavy atom.